The van der Waals surface area contributed by atoms with E-state index >= 15 is 0 Å². The van der Waals surface area contributed by atoms with Crippen molar-refractivity contribution in [3.63, 3.8) is 0 Å². The van der Waals surface area contributed by atoms with Gasteiger partial charge in [-0.1, -0.05) is 13.0 Å². The van der Waals surface area contributed by atoms with Crippen molar-refractivity contribution in [2.24, 2.45) is 0 Å². The number of aromatic nitrogens is 2. The maximum atomic E-state index is 11.8. The fourth-order valence-corrected chi connectivity index (χ4v) is 1.84. The molecule has 2 heterocycles. The Balaban J connectivity index is 2.23. The van der Waals surface area contributed by atoms with Crippen molar-refractivity contribution in [1.29, 1.82) is 0 Å². The van der Waals surface area contributed by atoms with Gasteiger partial charge >= 0.3 is 0 Å². The molecule has 2 aromatic heterocycles. The van der Waals surface area contributed by atoms with Crippen LogP contribution in [0.15, 0.2) is 41.3 Å². The normalized spacial score (nSPS) is 10.3. The van der Waals surface area contributed by atoms with E-state index in [0.29, 0.717) is 5.69 Å². The van der Waals surface area contributed by atoms with Crippen LogP contribution in [0, 0.1) is 10.1 Å². The van der Waals surface area contributed by atoms with Gasteiger partial charge in [0, 0.05) is 18.7 Å². The van der Waals surface area contributed by atoms with Crippen LogP contribution in [0.25, 0.3) is 0 Å². The van der Waals surface area contributed by atoms with Crippen LogP contribution in [-0.4, -0.2) is 21.0 Å². The second kappa shape index (κ2) is 6.65. The van der Waals surface area contributed by atoms with Gasteiger partial charge in [0.25, 0.3) is 11.2 Å². The molecule has 2 rings (SSSR count). The molecule has 0 amide bonds. The summed E-state index contributed by atoms with van der Waals surface area (Å²) in [4.78, 5) is 26.4. The fourth-order valence-electron chi connectivity index (χ4n) is 1.84. The van der Waals surface area contributed by atoms with Gasteiger partial charge < -0.3 is 9.88 Å². The molecule has 7 heteroatoms. The summed E-state index contributed by atoms with van der Waals surface area (Å²) < 4.78 is 1.28. The Morgan fingerprint density at radius 1 is 1.33 bits per heavy atom. The van der Waals surface area contributed by atoms with Crippen molar-refractivity contribution in [2.45, 2.75) is 19.9 Å². The summed E-state index contributed by atoms with van der Waals surface area (Å²) in [6, 6.07) is 7.85. The molecule has 110 valence electrons. The standard InChI is InChI=1S/C14H16N4O3/c1-2-8-15-13-5-3-4-11(16-13)9-17-10-12(18(20)21)6-7-14(17)19/h3-7,10H,2,8-9H2,1H3,(H,15,16). The lowest BCUT2D eigenvalue weighted by Crippen LogP contribution is -2.20. The number of nitro groups is 1. The van der Waals surface area contributed by atoms with Crippen LogP contribution in [0.3, 0.4) is 0 Å². The van der Waals surface area contributed by atoms with E-state index in [2.05, 4.69) is 17.2 Å². The van der Waals surface area contributed by atoms with Crippen LogP contribution < -0.4 is 10.9 Å². The summed E-state index contributed by atoms with van der Waals surface area (Å²) >= 11 is 0. The van der Waals surface area contributed by atoms with Crippen LogP contribution in [0.1, 0.15) is 19.0 Å². The van der Waals surface area contributed by atoms with Crippen molar-refractivity contribution in [2.75, 3.05) is 11.9 Å². The summed E-state index contributed by atoms with van der Waals surface area (Å²) in [5.74, 6) is 0.729. The van der Waals surface area contributed by atoms with Gasteiger partial charge in [0.2, 0.25) is 0 Å². The second-order valence-electron chi connectivity index (χ2n) is 4.55. The van der Waals surface area contributed by atoms with Gasteiger partial charge in [0.1, 0.15) is 5.82 Å². The summed E-state index contributed by atoms with van der Waals surface area (Å²) in [6.07, 6.45) is 2.21. The SMILES string of the molecule is CCCNc1cccc(Cn2cc([N+](=O)[O-])ccc2=O)n1. The number of nitrogens with zero attached hydrogens (tertiary/aromatic N) is 3. The Labute approximate surface area is 121 Å². The van der Waals surface area contributed by atoms with Crippen LogP contribution in [0.4, 0.5) is 11.5 Å². The van der Waals surface area contributed by atoms with Crippen molar-refractivity contribution in [1.82, 2.24) is 9.55 Å². The highest BCUT2D eigenvalue weighted by Gasteiger charge is 2.08. The minimum atomic E-state index is -0.525. The number of pyridine rings is 2. The van der Waals surface area contributed by atoms with E-state index in [9.17, 15) is 14.9 Å². The third-order valence-electron chi connectivity index (χ3n) is 2.87. The van der Waals surface area contributed by atoms with Crippen molar-refractivity contribution in [3.8, 4) is 0 Å². The molecule has 0 aliphatic rings. The molecule has 0 atom stereocenters. The maximum absolute atomic E-state index is 11.8. The third-order valence-corrected chi connectivity index (χ3v) is 2.87. The first-order valence-corrected chi connectivity index (χ1v) is 6.65. The molecule has 0 fully saturated rings. The van der Waals surface area contributed by atoms with E-state index in [1.165, 1.54) is 22.9 Å². The van der Waals surface area contributed by atoms with Crippen LogP contribution in [0.2, 0.25) is 0 Å². The predicted octanol–water partition coefficient (Wildman–Crippen LogP) is 2.02. The Kier molecular flexibility index (Phi) is 4.65. The van der Waals surface area contributed by atoms with Gasteiger partial charge in [0.15, 0.2) is 0 Å². The van der Waals surface area contributed by atoms with Crippen molar-refractivity contribution >= 4 is 11.5 Å². The lowest BCUT2D eigenvalue weighted by atomic mass is 10.3. The van der Waals surface area contributed by atoms with E-state index in [4.69, 9.17) is 0 Å². The molecule has 2 aromatic rings. The first-order chi connectivity index (χ1) is 10.1. The monoisotopic (exact) mass is 288 g/mol. The van der Waals surface area contributed by atoms with Crippen molar-refractivity contribution in [3.05, 3.63) is 62.7 Å². The molecule has 7 nitrogen and oxygen atoms in total. The summed E-state index contributed by atoms with van der Waals surface area (Å²) in [7, 11) is 0. The van der Waals surface area contributed by atoms with E-state index in [1.54, 1.807) is 6.07 Å². The molecule has 21 heavy (non-hydrogen) atoms. The Hall–Kier alpha value is -2.70. The highest BCUT2D eigenvalue weighted by Crippen LogP contribution is 2.09. The van der Waals surface area contributed by atoms with Gasteiger partial charge in [-0.3, -0.25) is 14.9 Å². The Bertz CT molecular complexity index is 697. The minimum absolute atomic E-state index is 0.116. The minimum Gasteiger partial charge on any atom is -0.370 e. The summed E-state index contributed by atoms with van der Waals surface area (Å²) in [6.45, 7) is 3.06. The smallest absolute Gasteiger partial charge is 0.285 e. The third kappa shape index (κ3) is 3.88. The largest absolute Gasteiger partial charge is 0.370 e. The van der Waals surface area contributed by atoms with E-state index in [0.717, 1.165) is 18.8 Å². The second-order valence-corrected chi connectivity index (χ2v) is 4.55. The Morgan fingerprint density at radius 3 is 2.86 bits per heavy atom. The van der Waals surface area contributed by atoms with Gasteiger partial charge in [-0.25, -0.2) is 4.98 Å². The molecular weight excluding hydrogens is 272 g/mol. The Morgan fingerprint density at radius 2 is 2.14 bits per heavy atom. The molecule has 0 spiro atoms. The zero-order valence-electron chi connectivity index (χ0n) is 11.7. The van der Waals surface area contributed by atoms with Gasteiger partial charge in [-0.2, -0.15) is 0 Å². The molecule has 1 N–H and O–H groups in total. The van der Waals surface area contributed by atoms with Gasteiger partial charge in [-0.05, 0) is 18.6 Å². The van der Waals surface area contributed by atoms with E-state index in [1.807, 2.05) is 12.1 Å². The first kappa shape index (κ1) is 14.7. The lowest BCUT2D eigenvalue weighted by Gasteiger charge is -2.08. The molecule has 0 radical (unpaired) electrons. The van der Waals surface area contributed by atoms with E-state index in [-0.39, 0.29) is 17.8 Å². The molecule has 0 aromatic carbocycles. The lowest BCUT2D eigenvalue weighted by molar-refractivity contribution is -0.385. The summed E-state index contributed by atoms with van der Waals surface area (Å²) in [5.41, 5.74) is 0.253. The molecule has 0 bridgehead atoms. The molecule has 0 aliphatic carbocycles. The van der Waals surface area contributed by atoms with Crippen molar-refractivity contribution < 1.29 is 4.92 Å². The van der Waals surface area contributed by atoms with Gasteiger partial charge in [0.05, 0.1) is 23.4 Å². The van der Waals surface area contributed by atoms with Crippen LogP contribution >= 0.6 is 0 Å². The van der Waals surface area contributed by atoms with E-state index < -0.39 is 4.92 Å². The number of nitrogens with one attached hydrogen (secondary N) is 1. The maximum Gasteiger partial charge on any atom is 0.285 e. The highest BCUT2D eigenvalue weighted by molar-refractivity contribution is 5.35. The quantitative estimate of drug-likeness (QED) is 0.648. The highest BCUT2D eigenvalue weighted by atomic mass is 16.6. The molecule has 0 saturated carbocycles. The average Bonchev–Trinajstić information content (AvgIpc) is 2.47. The number of rotatable bonds is 6. The first-order valence-electron chi connectivity index (χ1n) is 6.65. The predicted molar refractivity (Wildman–Crippen MR) is 79.5 cm³/mol. The van der Waals surface area contributed by atoms with Crippen LogP contribution in [0.5, 0.6) is 0 Å². The van der Waals surface area contributed by atoms with Crippen LogP contribution in [-0.2, 0) is 6.54 Å². The zero-order valence-corrected chi connectivity index (χ0v) is 11.7. The number of anilines is 1. The summed E-state index contributed by atoms with van der Waals surface area (Å²) in [5, 5.41) is 13.9. The molecule has 0 saturated heterocycles. The average molecular weight is 288 g/mol. The van der Waals surface area contributed by atoms with Gasteiger partial charge in [-0.15, -0.1) is 0 Å². The molecule has 0 aliphatic heterocycles. The fraction of sp³-hybridized carbons (Fsp3) is 0.286. The number of hydrogen-bond donors (Lipinski definition) is 1. The molecule has 0 unspecified atom stereocenters. The number of hydrogen-bond acceptors (Lipinski definition) is 5. The topological polar surface area (TPSA) is 90.1 Å². The zero-order chi connectivity index (χ0) is 15.2. The molecular formula is C14H16N4O3.